The molecule has 1 unspecified atom stereocenters. The van der Waals surface area contributed by atoms with E-state index in [9.17, 15) is 0 Å². The quantitative estimate of drug-likeness (QED) is 0.817. The Labute approximate surface area is 109 Å². The van der Waals surface area contributed by atoms with E-state index in [4.69, 9.17) is 5.26 Å². The first-order chi connectivity index (χ1) is 8.88. The number of rotatable bonds is 1. The van der Waals surface area contributed by atoms with Gasteiger partial charge >= 0.3 is 0 Å². The highest BCUT2D eigenvalue weighted by Gasteiger charge is 2.28. The predicted octanol–water partition coefficient (Wildman–Crippen LogP) is 3.33. The molecule has 0 radical (unpaired) electrons. The second-order valence-electron chi connectivity index (χ2n) is 5.61. The lowest BCUT2D eigenvalue weighted by atomic mass is 9.78. The molecule has 94 valence electrons. The summed E-state index contributed by atoms with van der Waals surface area (Å²) in [4.78, 5) is 0. The van der Waals surface area contributed by atoms with Gasteiger partial charge < -0.3 is 5.32 Å². The fourth-order valence-corrected chi connectivity index (χ4v) is 3.56. The highest BCUT2D eigenvalue weighted by molar-refractivity contribution is 5.41. The molecule has 0 spiro atoms. The lowest BCUT2D eigenvalue weighted by Crippen LogP contribution is -2.35. The van der Waals surface area contributed by atoms with Crippen molar-refractivity contribution < 1.29 is 0 Å². The smallest absolute Gasteiger partial charge is 0.0991 e. The zero-order chi connectivity index (χ0) is 12.4. The molecule has 1 N–H and O–H groups in total. The van der Waals surface area contributed by atoms with Crippen LogP contribution in [0.25, 0.3) is 0 Å². The van der Waals surface area contributed by atoms with Crippen molar-refractivity contribution >= 4 is 0 Å². The Hall–Kier alpha value is -1.33. The molecule has 18 heavy (non-hydrogen) atoms. The summed E-state index contributed by atoms with van der Waals surface area (Å²) in [5, 5.41) is 12.7. The molecule has 1 aliphatic carbocycles. The summed E-state index contributed by atoms with van der Waals surface area (Å²) in [6.07, 6.45) is 7.95. The molecule has 1 saturated carbocycles. The molecular weight excluding hydrogens is 220 g/mol. The minimum absolute atomic E-state index is 0.529. The second-order valence-corrected chi connectivity index (χ2v) is 5.61. The minimum Gasteiger partial charge on any atom is -0.309 e. The maximum Gasteiger partial charge on any atom is 0.0991 e. The summed E-state index contributed by atoms with van der Waals surface area (Å²) in [5.41, 5.74) is 3.65. The SMILES string of the molecule is N#Cc1ccc2c(c1)CCNC2C1CCCCC1. The zero-order valence-electron chi connectivity index (χ0n) is 10.8. The molecule has 1 fully saturated rings. The van der Waals surface area contributed by atoms with Crippen molar-refractivity contribution in [3.05, 3.63) is 34.9 Å². The third-order valence-corrected chi connectivity index (χ3v) is 4.49. The molecule has 1 aromatic rings. The van der Waals surface area contributed by atoms with Gasteiger partial charge in [0.1, 0.15) is 0 Å². The van der Waals surface area contributed by atoms with Crippen LogP contribution >= 0.6 is 0 Å². The van der Waals surface area contributed by atoms with Gasteiger partial charge in [0.05, 0.1) is 11.6 Å². The molecule has 0 aromatic heterocycles. The van der Waals surface area contributed by atoms with E-state index in [1.54, 1.807) is 0 Å². The first-order valence-corrected chi connectivity index (χ1v) is 7.15. The first kappa shape index (κ1) is 11.7. The molecule has 2 aliphatic rings. The van der Waals surface area contributed by atoms with Crippen LogP contribution in [0.2, 0.25) is 0 Å². The van der Waals surface area contributed by atoms with Crippen molar-refractivity contribution in [3.63, 3.8) is 0 Å². The van der Waals surface area contributed by atoms with Crippen LogP contribution in [-0.4, -0.2) is 6.54 Å². The summed E-state index contributed by atoms with van der Waals surface area (Å²) < 4.78 is 0. The van der Waals surface area contributed by atoms with Gasteiger partial charge in [0.25, 0.3) is 0 Å². The molecule has 0 saturated heterocycles. The monoisotopic (exact) mass is 240 g/mol. The summed E-state index contributed by atoms with van der Waals surface area (Å²) >= 11 is 0. The number of fused-ring (bicyclic) bond motifs is 1. The van der Waals surface area contributed by atoms with Gasteiger partial charge in [-0.15, -0.1) is 0 Å². The summed E-state index contributed by atoms with van der Waals surface area (Å²) in [5.74, 6) is 0.797. The topological polar surface area (TPSA) is 35.8 Å². The molecule has 1 aliphatic heterocycles. The molecular formula is C16H20N2. The number of nitriles is 1. The lowest BCUT2D eigenvalue weighted by molar-refractivity contribution is 0.265. The highest BCUT2D eigenvalue weighted by Crippen LogP contribution is 2.37. The highest BCUT2D eigenvalue weighted by atomic mass is 14.9. The van der Waals surface area contributed by atoms with Crippen molar-refractivity contribution in [2.75, 3.05) is 6.54 Å². The molecule has 3 rings (SSSR count). The zero-order valence-corrected chi connectivity index (χ0v) is 10.8. The average Bonchev–Trinajstić information content (AvgIpc) is 2.47. The number of hydrogen-bond acceptors (Lipinski definition) is 2. The van der Waals surface area contributed by atoms with E-state index >= 15 is 0 Å². The minimum atomic E-state index is 0.529. The van der Waals surface area contributed by atoms with Crippen molar-refractivity contribution in [3.8, 4) is 6.07 Å². The number of nitrogens with one attached hydrogen (secondary N) is 1. The molecule has 1 heterocycles. The van der Waals surface area contributed by atoms with Gasteiger partial charge in [0.15, 0.2) is 0 Å². The van der Waals surface area contributed by atoms with E-state index in [1.807, 2.05) is 6.07 Å². The van der Waals surface area contributed by atoms with Crippen molar-refractivity contribution in [2.45, 2.75) is 44.6 Å². The fourth-order valence-electron chi connectivity index (χ4n) is 3.56. The Kier molecular flexibility index (Phi) is 3.34. The number of nitrogens with zero attached hydrogens (tertiary/aromatic N) is 1. The molecule has 0 amide bonds. The molecule has 2 nitrogen and oxygen atoms in total. The third kappa shape index (κ3) is 2.15. The van der Waals surface area contributed by atoms with E-state index in [-0.39, 0.29) is 0 Å². The molecule has 0 bridgehead atoms. The second kappa shape index (κ2) is 5.12. The van der Waals surface area contributed by atoms with Crippen LogP contribution in [0.1, 0.15) is 54.8 Å². The Bertz CT molecular complexity index is 466. The van der Waals surface area contributed by atoms with Crippen LogP contribution in [0.5, 0.6) is 0 Å². The van der Waals surface area contributed by atoms with Crippen LogP contribution < -0.4 is 5.32 Å². The van der Waals surface area contributed by atoms with Gasteiger partial charge in [-0.1, -0.05) is 25.3 Å². The predicted molar refractivity (Wildman–Crippen MR) is 72.2 cm³/mol. The molecule has 1 aromatic carbocycles. The maximum absolute atomic E-state index is 8.99. The van der Waals surface area contributed by atoms with Gasteiger partial charge in [-0.05, 0) is 55.0 Å². The third-order valence-electron chi connectivity index (χ3n) is 4.49. The Morgan fingerprint density at radius 2 is 2.00 bits per heavy atom. The van der Waals surface area contributed by atoms with Crippen LogP contribution in [0.3, 0.4) is 0 Å². The summed E-state index contributed by atoms with van der Waals surface area (Å²) in [7, 11) is 0. The van der Waals surface area contributed by atoms with E-state index in [2.05, 4.69) is 23.5 Å². The number of benzene rings is 1. The van der Waals surface area contributed by atoms with Gasteiger partial charge in [-0.25, -0.2) is 0 Å². The van der Waals surface area contributed by atoms with Crippen LogP contribution in [0.4, 0.5) is 0 Å². The van der Waals surface area contributed by atoms with E-state index in [0.717, 1.165) is 24.4 Å². The Morgan fingerprint density at radius 3 is 2.78 bits per heavy atom. The van der Waals surface area contributed by atoms with E-state index in [1.165, 1.54) is 43.2 Å². The largest absolute Gasteiger partial charge is 0.309 e. The summed E-state index contributed by atoms with van der Waals surface area (Å²) in [6.45, 7) is 1.06. The van der Waals surface area contributed by atoms with Gasteiger partial charge in [0, 0.05) is 6.04 Å². The van der Waals surface area contributed by atoms with Gasteiger partial charge in [-0.2, -0.15) is 5.26 Å². The van der Waals surface area contributed by atoms with E-state index < -0.39 is 0 Å². The van der Waals surface area contributed by atoms with Crippen LogP contribution in [0.15, 0.2) is 18.2 Å². The Morgan fingerprint density at radius 1 is 1.17 bits per heavy atom. The average molecular weight is 240 g/mol. The van der Waals surface area contributed by atoms with Crippen molar-refractivity contribution in [1.82, 2.24) is 5.32 Å². The van der Waals surface area contributed by atoms with Gasteiger partial charge in [-0.3, -0.25) is 0 Å². The van der Waals surface area contributed by atoms with Crippen LogP contribution in [0, 0.1) is 17.2 Å². The fraction of sp³-hybridized carbons (Fsp3) is 0.562. The Balaban J connectivity index is 1.89. The molecule has 2 heteroatoms. The van der Waals surface area contributed by atoms with E-state index in [0.29, 0.717) is 6.04 Å². The lowest BCUT2D eigenvalue weighted by Gasteiger charge is -2.35. The maximum atomic E-state index is 8.99. The number of hydrogen-bond donors (Lipinski definition) is 1. The van der Waals surface area contributed by atoms with Crippen molar-refractivity contribution in [2.24, 2.45) is 5.92 Å². The normalized spacial score (nSPS) is 24.3. The van der Waals surface area contributed by atoms with Gasteiger partial charge in [0.2, 0.25) is 0 Å². The first-order valence-electron chi connectivity index (χ1n) is 7.15. The molecule has 1 atom stereocenters. The van der Waals surface area contributed by atoms with Crippen molar-refractivity contribution in [1.29, 1.82) is 5.26 Å². The standard InChI is InChI=1S/C16H20N2/c17-11-12-6-7-15-14(10-12)8-9-18-16(15)13-4-2-1-3-5-13/h6-7,10,13,16,18H,1-5,8-9H2. The summed E-state index contributed by atoms with van der Waals surface area (Å²) in [6, 6.07) is 9.02. The van der Waals surface area contributed by atoms with Crippen LogP contribution in [-0.2, 0) is 6.42 Å².